The van der Waals surface area contributed by atoms with E-state index in [2.05, 4.69) is 12.8 Å². The molecule has 2 heterocycles. The molecule has 11 heteroatoms. The molecule has 0 spiro atoms. The lowest BCUT2D eigenvalue weighted by Crippen LogP contribution is -2.61. The van der Waals surface area contributed by atoms with E-state index in [0.29, 0.717) is 57.5 Å². The summed E-state index contributed by atoms with van der Waals surface area (Å²) >= 11 is 0. The minimum atomic E-state index is -0.848. The molecule has 0 aromatic carbocycles. The Hall–Kier alpha value is -3.42. The van der Waals surface area contributed by atoms with Crippen molar-refractivity contribution >= 4 is 35.3 Å². The number of nitrogens with zero attached hydrogens (tertiary/aromatic N) is 5. The van der Waals surface area contributed by atoms with E-state index in [1.165, 1.54) is 9.80 Å². The smallest absolute Gasteiger partial charge is 0.246 e. The van der Waals surface area contributed by atoms with Crippen LogP contribution in [-0.2, 0) is 28.8 Å². The third kappa shape index (κ3) is 11.3. The van der Waals surface area contributed by atoms with Crippen molar-refractivity contribution in [3.8, 4) is 12.3 Å². The fourth-order valence-corrected chi connectivity index (χ4v) is 8.78. The second-order valence-electron chi connectivity index (χ2n) is 16.9. The maximum atomic E-state index is 14.6. The van der Waals surface area contributed by atoms with E-state index >= 15 is 0 Å². The minimum absolute atomic E-state index is 0.0295. The van der Waals surface area contributed by atoms with Crippen LogP contribution in [0.5, 0.6) is 0 Å². The Morgan fingerprint density at radius 1 is 0.704 bits per heavy atom. The van der Waals surface area contributed by atoms with Gasteiger partial charge in [0.15, 0.2) is 5.78 Å². The molecule has 5 amide bonds. The summed E-state index contributed by atoms with van der Waals surface area (Å²) in [4.78, 5) is 91.7. The zero-order chi connectivity index (χ0) is 41.0. The van der Waals surface area contributed by atoms with E-state index in [4.69, 9.17) is 6.42 Å². The summed E-state index contributed by atoms with van der Waals surface area (Å²) in [6.07, 6.45) is 13.2. The number of likely N-dealkylation sites (tertiary alicyclic amines) is 2. The summed E-state index contributed by atoms with van der Waals surface area (Å²) in [5, 5.41) is 0. The number of amides is 5. The number of unbranched alkanes of at least 4 members (excludes halogenated alkanes) is 2. The van der Waals surface area contributed by atoms with Gasteiger partial charge in [-0.25, -0.2) is 0 Å². The van der Waals surface area contributed by atoms with Crippen LogP contribution in [-0.4, -0.2) is 124 Å². The maximum absolute atomic E-state index is 14.6. The average molecular weight is 756 g/mol. The summed E-state index contributed by atoms with van der Waals surface area (Å²) < 4.78 is 0. The standard InChI is InChI=1S/C43H73N5O6/c1-14-17-18-19-22-30(8)27-32(10)39(50)44(11)36(28(4)5)41(52)46(13)38(31(9)15-2)43(54)48-26-21-24-34(48)40(51)45(12)37(29(6)7)42(53)47-25-20-23-33(47)35(49)16-3/h1,28-34,36-38H,15-27H2,2-13H3/t30-,31-,32+,33-,34-,36-,37-,38-/m0/s1. The zero-order valence-corrected chi connectivity index (χ0v) is 35.7. The first-order valence-corrected chi connectivity index (χ1v) is 20.7. The molecule has 306 valence electrons. The maximum Gasteiger partial charge on any atom is 0.246 e. The first-order valence-electron chi connectivity index (χ1n) is 20.7. The van der Waals surface area contributed by atoms with E-state index in [0.717, 1.165) is 32.1 Å². The highest BCUT2D eigenvalue weighted by Gasteiger charge is 2.47. The second-order valence-corrected chi connectivity index (χ2v) is 16.9. The fraction of sp³-hybridized carbons (Fsp3) is 0.814. The van der Waals surface area contributed by atoms with Gasteiger partial charge < -0.3 is 24.5 Å². The molecule has 0 bridgehead atoms. The van der Waals surface area contributed by atoms with E-state index in [9.17, 15) is 28.8 Å². The van der Waals surface area contributed by atoms with Gasteiger partial charge in [0.2, 0.25) is 29.5 Å². The lowest BCUT2D eigenvalue weighted by molar-refractivity contribution is -0.157. The third-order valence-corrected chi connectivity index (χ3v) is 12.0. The molecule has 2 fully saturated rings. The van der Waals surface area contributed by atoms with Crippen LogP contribution in [0.4, 0.5) is 0 Å². The van der Waals surface area contributed by atoms with Crippen LogP contribution in [0.1, 0.15) is 133 Å². The van der Waals surface area contributed by atoms with Crippen LogP contribution in [0.25, 0.3) is 0 Å². The molecule has 0 radical (unpaired) electrons. The van der Waals surface area contributed by atoms with Crippen molar-refractivity contribution in [3.63, 3.8) is 0 Å². The van der Waals surface area contributed by atoms with Gasteiger partial charge in [-0.05, 0) is 62.2 Å². The van der Waals surface area contributed by atoms with Crippen molar-refractivity contribution in [1.29, 1.82) is 0 Å². The summed E-state index contributed by atoms with van der Waals surface area (Å²) in [5.41, 5.74) is 0. The Labute approximate surface area is 327 Å². The molecular formula is C43H73N5O6. The van der Waals surface area contributed by atoms with Gasteiger partial charge in [-0.1, -0.05) is 81.6 Å². The summed E-state index contributed by atoms with van der Waals surface area (Å²) in [6.45, 7) is 18.3. The molecule has 8 atom stereocenters. The summed E-state index contributed by atoms with van der Waals surface area (Å²) in [6, 6.07) is -3.65. The molecule has 0 N–H and O–H groups in total. The number of Topliss-reactive ketones (excluding diaryl/α,β-unsaturated/α-hetero) is 1. The van der Waals surface area contributed by atoms with Gasteiger partial charge in [-0.2, -0.15) is 0 Å². The van der Waals surface area contributed by atoms with Crippen LogP contribution in [0, 0.1) is 41.9 Å². The van der Waals surface area contributed by atoms with E-state index in [1.807, 2.05) is 48.5 Å². The van der Waals surface area contributed by atoms with Crippen molar-refractivity contribution < 1.29 is 28.8 Å². The summed E-state index contributed by atoms with van der Waals surface area (Å²) in [7, 11) is 4.96. The highest BCUT2D eigenvalue weighted by atomic mass is 16.2. The molecule has 11 nitrogen and oxygen atoms in total. The van der Waals surface area contributed by atoms with Crippen LogP contribution in [0.3, 0.4) is 0 Å². The monoisotopic (exact) mass is 756 g/mol. The first-order chi connectivity index (χ1) is 25.4. The number of hydrogen-bond donors (Lipinski definition) is 0. The lowest BCUT2D eigenvalue weighted by Gasteiger charge is -2.41. The predicted octanol–water partition coefficient (Wildman–Crippen LogP) is 5.64. The van der Waals surface area contributed by atoms with Gasteiger partial charge in [0.05, 0.1) is 6.04 Å². The minimum Gasteiger partial charge on any atom is -0.333 e. The number of rotatable bonds is 20. The number of likely N-dealkylation sites (N-methyl/N-ethyl adjacent to an activating group) is 3. The number of carbonyl (C=O) groups is 6. The van der Waals surface area contributed by atoms with E-state index in [1.54, 1.807) is 42.8 Å². The largest absolute Gasteiger partial charge is 0.333 e. The quantitative estimate of drug-likeness (QED) is 0.117. The van der Waals surface area contributed by atoms with Gasteiger partial charge in [-0.3, -0.25) is 28.8 Å². The Kier molecular flexibility index (Phi) is 18.7. The SMILES string of the molecule is C#CCCCC[C@H](C)C[C@@H](C)C(=O)N(C)[C@H](C(=O)N(C)[C@H](C(=O)N1CCC[C@H]1C(=O)N(C)[C@H](C(=O)N1CCC[C@H]1C(=O)CC)C(C)C)[C@@H](C)CC)C(C)C. The molecule has 2 aliphatic rings. The van der Waals surface area contributed by atoms with Crippen molar-refractivity contribution in [2.75, 3.05) is 34.2 Å². The van der Waals surface area contributed by atoms with Crippen LogP contribution in [0.2, 0.25) is 0 Å². The number of carbonyl (C=O) groups excluding carboxylic acids is 6. The zero-order valence-electron chi connectivity index (χ0n) is 35.7. The molecule has 2 rings (SSSR count). The second kappa shape index (κ2) is 21.6. The van der Waals surface area contributed by atoms with Gasteiger partial charge in [0.1, 0.15) is 24.2 Å². The lowest BCUT2D eigenvalue weighted by atomic mass is 9.90. The normalized spacial score (nSPS) is 20.5. The number of hydrogen-bond acceptors (Lipinski definition) is 6. The summed E-state index contributed by atoms with van der Waals surface area (Å²) in [5.74, 6) is 0.871. The highest BCUT2D eigenvalue weighted by molar-refractivity contribution is 5.97. The Morgan fingerprint density at radius 3 is 1.74 bits per heavy atom. The molecule has 0 aromatic rings. The fourth-order valence-electron chi connectivity index (χ4n) is 8.78. The first kappa shape index (κ1) is 46.7. The molecule has 0 saturated carbocycles. The van der Waals surface area contributed by atoms with Gasteiger partial charge >= 0.3 is 0 Å². The van der Waals surface area contributed by atoms with Crippen LogP contribution in [0.15, 0.2) is 0 Å². The third-order valence-electron chi connectivity index (χ3n) is 12.0. The topological polar surface area (TPSA) is 119 Å². The number of terminal acetylenes is 1. The number of ketones is 1. The highest BCUT2D eigenvalue weighted by Crippen LogP contribution is 2.29. The van der Waals surface area contributed by atoms with Gasteiger partial charge in [-0.15, -0.1) is 12.3 Å². The molecular weight excluding hydrogens is 683 g/mol. The van der Waals surface area contributed by atoms with E-state index < -0.39 is 30.2 Å². The average Bonchev–Trinajstić information content (AvgIpc) is 3.83. The molecule has 0 unspecified atom stereocenters. The molecule has 0 aromatic heterocycles. The Bertz CT molecular complexity index is 1340. The van der Waals surface area contributed by atoms with Gasteiger partial charge in [0, 0.05) is 53.0 Å². The van der Waals surface area contributed by atoms with Crippen molar-refractivity contribution in [2.24, 2.45) is 29.6 Å². The molecule has 54 heavy (non-hydrogen) atoms. The molecule has 2 saturated heterocycles. The Balaban J connectivity index is 2.31. The van der Waals surface area contributed by atoms with Crippen molar-refractivity contribution in [2.45, 2.75) is 163 Å². The van der Waals surface area contributed by atoms with Crippen LogP contribution < -0.4 is 0 Å². The molecule has 0 aliphatic carbocycles. The van der Waals surface area contributed by atoms with E-state index in [-0.39, 0.29) is 59.0 Å². The predicted molar refractivity (Wildman–Crippen MR) is 214 cm³/mol. The van der Waals surface area contributed by atoms with Crippen molar-refractivity contribution in [1.82, 2.24) is 24.5 Å². The van der Waals surface area contributed by atoms with Gasteiger partial charge in [0.25, 0.3) is 0 Å². The van der Waals surface area contributed by atoms with Crippen molar-refractivity contribution in [3.05, 3.63) is 0 Å². The molecule has 2 aliphatic heterocycles. The Morgan fingerprint density at radius 2 is 1.22 bits per heavy atom. The van der Waals surface area contributed by atoms with Crippen LogP contribution >= 0.6 is 0 Å².